The van der Waals surface area contributed by atoms with E-state index in [0.717, 1.165) is 11.3 Å². The smallest absolute Gasteiger partial charge is 0.268 e. The van der Waals surface area contributed by atoms with E-state index >= 15 is 0 Å². The van der Waals surface area contributed by atoms with Crippen LogP contribution in [0.1, 0.15) is 21.8 Å². The molecule has 4 N–H and O–H groups in total. The zero-order valence-corrected chi connectivity index (χ0v) is 16.0. The summed E-state index contributed by atoms with van der Waals surface area (Å²) >= 11 is 0. The minimum atomic E-state index is -0.981. The fourth-order valence-corrected chi connectivity index (χ4v) is 3.63. The number of aliphatic hydroxyl groups is 2. The van der Waals surface area contributed by atoms with Crippen molar-refractivity contribution in [1.29, 1.82) is 0 Å². The number of aryl methyl sites for hydroxylation is 1. The van der Waals surface area contributed by atoms with Gasteiger partial charge in [-0.3, -0.25) is 9.59 Å². The van der Waals surface area contributed by atoms with Gasteiger partial charge in [0.1, 0.15) is 17.5 Å². The number of aromatic amines is 1. The predicted molar refractivity (Wildman–Crippen MR) is 105 cm³/mol. The number of H-pyrrole nitrogens is 1. The van der Waals surface area contributed by atoms with Gasteiger partial charge in [-0.25, -0.2) is 0 Å². The molecule has 3 heterocycles. The first-order valence-electron chi connectivity index (χ1n) is 9.49. The maximum Gasteiger partial charge on any atom is 0.268 e. The molecule has 8 heteroatoms. The molecule has 0 saturated carbocycles. The number of carbonyl (C=O) groups excluding carboxylic acids is 2. The van der Waals surface area contributed by atoms with E-state index in [-0.39, 0.29) is 19.0 Å². The Balaban J connectivity index is 1.54. The Labute approximate surface area is 167 Å². The molecular formula is C21H23N3O5. The van der Waals surface area contributed by atoms with E-state index in [9.17, 15) is 19.8 Å². The van der Waals surface area contributed by atoms with Gasteiger partial charge in [-0.2, -0.15) is 0 Å². The Hall–Kier alpha value is -3.10. The largest absolute Gasteiger partial charge is 0.460 e. The molecule has 1 aliphatic rings. The van der Waals surface area contributed by atoms with Crippen LogP contribution in [0.2, 0.25) is 0 Å². The van der Waals surface area contributed by atoms with Crippen molar-refractivity contribution in [1.82, 2.24) is 15.2 Å². The average molecular weight is 397 g/mol. The van der Waals surface area contributed by atoms with Crippen molar-refractivity contribution < 1.29 is 24.2 Å². The Bertz CT molecular complexity index is 984. The second-order valence-electron chi connectivity index (χ2n) is 7.41. The maximum absolute atomic E-state index is 13.0. The fourth-order valence-electron chi connectivity index (χ4n) is 3.63. The van der Waals surface area contributed by atoms with Gasteiger partial charge in [0.2, 0.25) is 5.91 Å². The lowest BCUT2D eigenvalue weighted by Gasteiger charge is -2.24. The summed E-state index contributed by atoms with van der Waals surface area (Å²) < 4.78 is 5.51. The highest BCUT2D eigenvalue weighted by Crippen LogP contribution is 2.20. The number of aliphatic hydroxyl groups excluding tert-OH is 2. The van der Waals surface area contributed by atoms with Crippen molar-refractivity contribution in [3.63, 3.8) is 0 Å². The number of likely N-dealkylation sites (tertiary alicyclic amines) is 1. The Morgan fingerprint density at radius 3 is 2.55 bits per heavy atom. The van der Waals surface area contributed by atoms with E-state index in [2.05, 4.69) is 10.3 Å². The summed E-state index contributed by atoms with van der Waals surface area (Å²) in [4.78, 5) is 30.2. The van der Waals surface area contributed by atoms with Crippen LogP contribution in [0, 0.1) is 6.92 Å². The van der Waals surface area contributed by atoms with Crippen molar-refractivity contribution in [2.24, 2.45) is 0 Å². The maximum atomic E-state index is 13.0. The van der Waals surface area contributed by atoms with Crippen LogP contribution in [-0.2, 0) is 11.2 Å². The molecule has 0 radical (unpaired) electrons. The van der Waals surface area contributed by atoms with Gasteiger partial charge in [0.25, 0.3) is 5.91 Å². The van der Waals surface area contributed by atoms with Crippen LogP contribution in [0.5, 0.6) is 0 Å². The highest BCUT2D eigenvalue weighted by atomic mass is 16.3. The van der Waals surface area contributed by atoms with Gasteiger partial charge >= 0.3 is 0 Å². The number of fused-ring (bicyclic) bond motifs is 1. The van der Waals surface area contributed by atoms with Crippen molar-refractivity contribution in [3.8, 4) is 0 Å². The first kappa shape index (κ1) is 19.2. The number of hydrogen-bond donors (Lipinski definition) is 4. The number of nitrogens with zero attached hydrogens (tertiary/aromatic N) is 1. The number of benzene rings is 1. The Kier molecular flexibility index (Phi) is 5.12. The summed E-state index contributed by atoms with van der Waals surface area (Å²) in [6.45, 7) is 1.90. The lowest BCUT2D eigenvalue weighted by atomic mass is 10.0. The van der Waals surface area contributed by atoms with Crippen LogP contribution >= 0.6 is 0 Å². The van der Waals surface area contributed by atoms with Crippen LogP contribution in [0.15, 0.2) is 46.9 Å². The third-order valence-electron chi connectivity index (χ3n) is 5.13. The van der Waals surface area contributed by atoms with Crippen LogP contribution in [0.25, 0.3) is 11.1 Å². The summed E-state index contributed by atoms with van der Waals surface area (Å²) in [6, 6.07) is 11.9. The van der Waals surface area contributed by atoms with Crippen molar-refractivity contribution in [3.05, 3.63) is 59.5 Å². The molecule has 152 valence electrons. The normalized spacial score (nSPS) is 20.2. The number of carbonyl (C=O) groups is 2. The van der Waals surface area contributed by atoms with Crippen LogP contribution in [0.3, 0.4) is 0 Å². The molecule has 4 rings (SSSR count). The minimum Gasteiger partial charge on any atom is -0.460 e. The number of aromatic nitrogens is 1. The number of nitrogens with one attached hydrogen (secondary N) is 2. The molecule has 0 aliphatic carbocycles. The molecule has 1 fully saturated rings. The summed E-state index contributed by atoms with van der Waals surface area (Å²) in [5.41, 5.74) is 2.47. The molecule has 1 aliphatic heterocycles. The van der Waals surface area contributed by atoms with Crippen LogP contribution in [0.4, 0.5) is 0 Å². The molecule has 2 amide bonds. The van der Waals surface area contributed by atoms with Crippen molar-refractivity contribution >= 4 is 22.9 Å². The van der Waals surface area contributed by atoms with Crippen molar-refractivity contribution in [2.75, 3.05) is 13.1 Å². The van der Waals surface area contributed by atoms with E-state index in [1.165, 1.54) is 4.90 Å². The first-order valence-corrected chi connectivity index (χ1v) is 9.49. The SMILES string of the molecule is Cc1cc2[nH]c(C(=O)NC(Cc3ccccc3)C(=O)N3CC(O)C(O)C3)cc2o1. The van der Waals surface area contributed by atoms with Gasteiger partial charge in [-0.1, -0.05) is 30.3 Å². The van der Waals surface area contributed by atoms with Crippen LogP contribution in [-0.4, -0.2) is 63.3 Å². The number of amides is 2. The second kappa shape index (κ2) is 7.73. The van der Waals surface area contributed by atoms with Gasteiger partial charge in [0, 0.05) is 31.6 Å². The molecule has 3 aromatic rings. The van der Waals surface area contributed by atoms with E-state index < -0.39 is 24.2 Å². The van der Waals surface area contributed by atoms with Crippen molar-refractivity contribution in [2.45, 2.75) is 31.6 Å². The molecule has 1 aromatic carbocycles. The molecule has 1 saturated heterocycles. The fraction of sp³-hybridized carbons (Fsp3) is 0.333. The summed E-state index contributed by atoms with van der Waals surface area (Å²) in [5, 5.41) is 22.3. The highest BCUT2D eigenvalue weighted by molar-refractivity contribution is 5.99. The van der Waals surface area contributed by atoms with Gasteiger partial charge in [0.05, 0.1) is 17.7 Å². The van der Waals surface area contributed by atoms with E-state index in [1.54, 1.807) is 12.1 Å². The summed E-state index contributed by atoms with van der Waals surface area (Å²) in [6.07, 6.45) is -1.67. The average Bonchev–Trinajstić information content (AvgIpc) is 3.34. The first-order chi connectivity index (χ1) is 13.9. The lowest BCUT2D eigenvalue weighted by molar-refractivity contribution is -0.132. The molecule has 0 spiro atoms. The van der Waals surface area contributed by atoms with Crippen LogP contribution < -0.4 is 5.32 Å². The van der Waals surface area contributed by atoms with Gasteiger partial charge in [0.15, 0.2) is 5.58 Å². The van der Waals surface area contributed by atoms with E-state index in [4.69, 9.17) is 4.42 Å². The van der Waals surface area contributed by atoms with Gasteiger partial charge in [-0.15, -0.1) is 0 Å². The molecule has 0 bridgehead atoms. The lowest BCUT2D eigenvalue weighted by Crippen LogP contribution is -2.49. The Morgan fingerprint density at radius 2 is 1.90 bits per heavy atom. The van der Waals surface area contributed by atoms with Gasteiger partial charge in [-0.05, 0) is 12.5 Å². The summed E-state index contributed by atoms with van der Waals surface area (Å²) in [5.74, 6) is -0.0333. The standard InChI is InChI=1S/C21H23N3O5/c1-12-7-14-19(29-12)9-15(22-14)20(27)23-16(8-13-5-3-2-4-6-13)21(28)24-10-17(25)18(26)11-24/h2-7,9,16-18,22,25-26H,8,10-11H2,1H3,(H,23,27). The second-order valence-corrected chi connectivity index (χ2v) is 7.41. The van der Waals surface area contributed by atoms with Gasteiger partial charge < -0.3 is 29.8 Å². The molecule has 8 nitrogen and oxygen atoms in total. The number of rotatable bonds is 5. The molecular weight excluding hydrogens is 374 g/mol. The minimum absolute atomic E-state index is 0.0376. The topological polar surface area (TPSA) is 119 Å². The third kappa shape index (κ3) is 4.03. The quantitative estimate of drug-likeness (QED) is 0.512. The molecule has 3 unspecified atom stereocenters. The third-order valence-corrected chi connectivity index (χ3v) is 5.13. The Morgan fingerprint density at radius 1 is 1.21 bits per heavy atom. The zero-order valence-electron chi connectivity index (χ0n) is 16.0. The highest BCUT2D eigenvalue weighted by Gasteiger charge is 2.36. The molecule has 29 heavy (non-hydrogen) atoms. The van der Waals surface area contributed by atoms with E-state index in [1.807, 2.05) is 37.3 Å². The number of furan rings is 1. The monoisotopic (exact) mass is 397 g/mol. The zero-order chi connectivity index (χ0) is 20.5. The summed E-state index contributed by atoms with van der Waals surface area (Å²) in [7, 11) is 0. The predicted octanol–water partition coefficient (Wildman–Crippen LogP) is 0.974. The van der Waals surface area contributed by atoms with E-state index in [0.29, 0.717) is 23.2 Å². The molecule has 3 atom stereocenters. The molecule has 2 aromatic heterocycles. The number of hydrogen-bond acceptors (Lipinski definition) is 5. The number of β-amino-alcohol motifs (C(OH)–C–C–N with tert-alkyl or cyclic N) is 2.